The Morgan fingerprint density at radius 2 is 1.30 bits per heavy atom. The molecule has 0 spiro atoms. The highest BCUT2D eigenvalue weighted by molar-refractivity contribution is 7.97. The first-order chi connectivity index (χ1) is 9.77. The Morgan fingerprint density at radius 3 is 1.85 bits per heavy atom. The lowest BCUT2D eigenvalue weighted by molar-refractivity contribution is 0.0955. The highest BCUT2D eigenvalue weighted by Gasteiger charge is 2.05. The molecule has 0 saturated heterocycles. The summed E-state index contributed by atoms with van der Waals surface area (Å²) in [5, 5.41) is 2.72. The summed E-state index contributed by atoms with van der Waals surface area (Å²) in [6.07, 6.45) is 0. The van der Waals surface area contributed by atoms with Crippen LogP contribution in [0.4, 0.5) is 0 Å². The van der Waals surface area contributed by atoms with Gasteiger partial charge in [0.1, 0.15) is 0 Å². The van der Waals surface area contributed by atoms with Gasteiger partial charge in [0.25, 0.3) is 11.8 Å². The molecule has 0 fully saturated rings. The van der Waals surface area contributed by atoms with Gasteiger partial charge in [-0.1, -0.05) is 36.4 Å². The summed E-state index contributed by atoms with van der Waals surface area (Å²) in [6, 6.07) is 17.9. The lowest BCUT2D eigenvalue weighted by atomic mass is 10.2. The van der Waals surface area contributed by atoms with E-state index in [4.69, 9.17) is 0 Å². The van der Waals surface area contributed by atoms with Crippen LogP contribution >= 0.6 is 11.9 Å². The smallest absolute Gasteiger partial charge is 0.261 e. The molecule has 0 aromatic heterocycles. The summed E-state index contributed by atoms with van der Waals surface area (Å²) in [5.74, 6) is -0.0247. The fourth-order valence-electron chi connectivity index (χ4n) is 1.54. The van der Waals surface area contributed by atoms with E-state index < -0.39 is 0 Å². The van der Waals surface area contributed by atoms with Crippen molar-refractivity contribution in [3.63, 3.8) is 0 Å². The van der Waals surface area contributed by atoms with Crippen molar-refractivity contribution < 1.29 is 9.59 Å². The van der Waals surface area contributed by atoms with Crippen molar-refractivity contribution in [3.05, 3.63) is 71.8 Å². The van der Waals surface area contributed by atoms with Crippen LogP contribution in [0.25, 0.3) is 0 Å². The van der Waals surface area contributed by atoms with Crippen molar-refractivity contribution >= 4 is 23.8 Å². The maximum Gasteiger partial charge on any atom is 0.261 e. The average molecular weight is 286 g/mol. The predicted octanol–water partition coefficient (Wildman–Crippen LogP) is 2.45. The monoisotopic (exact) mass is 286 g/mol. The molecule has 2 aromatic carbocycles. The summed E-state index contributed by atoms with van der Waals surface area (Å²) < 4.78 is 2.67. The molecule has 2 N–H and O–H groups in total. The zero-order chi connectivity index (χ0) is 14.2. The molecule has 0 aliphatic rings. The lowest BCUT2D eigenvalue weighted by Gasteiger charge is -2.06. The Hall–Kier alpha value is -2.27. The molecule has 0 aliphatic heterocycles. The van der Waals surface area contributed by atoms with E-state index >= 15 is 0 Å². The Labute approximate surface area is 121 Å². The molecule has 0 aliphatic carbocycles. The quantitative estimate of drug-likeness (QED) is 0.504. The van der Waals surface area contributed by atoms with E-state index in [9.17, 15) is 9.59 Å². The minimum absolute atomic E-state index is 0.160. The summed E-state index contributed by atoms with van der Waals surface area (Å²) in [5.41, 5.74) is 1.19. The maximum atomic E-state index is 11.7. The Bertz CT molecular complexity index is 519. The minimum Gasteiger partial charge on any atom is -0.341 e. The number of hydrogen-bond donors (Lipinski definition) is 2. The molecule has 0 unspecified atom stereocenters. The molecule has 0 heterocycles. The van der Waals surface area contributed by atoms with E-state index in [-0.39, 0.29) is 11.8 Å². The molecule has 4 nitrogen and oxygen atoms in total. The van der Waals surface area contributed by atoms with E-state index in [1.165, 1.54) is 0 Å². The second kappa shape index (κ2) is 7.35. The van der Waals surface area contributed by atoms with Crippen LogP contribution in [0.2, 0.25) is 0 Å². The molecule has 20 heavy (non-hydrogen) atoms. The molecule has 5 heteroatoms. The van der Waals surface area contributed by atoms with Crippen molar-refractivity contribution in [1.29, 1.82) is 0 Å². The SMILES string of the molecule is O=C(NCSNC(=O)c1ccccc1)c1ccccc1. The van der Waals surface area contributed by atoms with Gasteiger partial charge in [-0.05, 0) is 36.2 Å². The van der Waals surface area contributed by atoms with E-state index in [2.05, 4.69) is 10.0 Å². The lowest BCUT2D eigenvalue weighted by Crippen LogP contribution is -2.26. The molecular weight excluding hydrogens is 272 g/mol. The first-order valence-corrected chi connectivity index (χ1v) is 7.06. The fourth-order valence-corrected chi connectivity index (χ4v) is 2.07. The highest BCUT2D eigenvalue weighted by Crippen LogP contribution is 2.02. The standard InChI is InChI=1S/C15H14N2O2S/c18-14(12-7-3-1-4-8-12)16-11-20-17-15(19)13-9-5-2-6-10-13/h1-10H,11H2,(H,16,18)(H,17,19). The van der Waals surface area contributed by atoms with Gasteiger partial charge in [-0.25, -0.2) is 0 Å². The van der Waals surface area contributed by atoms with Gasteiger partial charge < -0.3 is 5.32 Å². The van der Waals surface area contributed by atoms with Crippen LogP contribution in [-0.2, 0) is 0 Å². The molecule has 2 amide bonds. The van der Waals surface area contributed by atoms with E-state index in [0.29, 0.717) is 17.0 Å². The van der Waals surface area contributed by atoms with Crippen LogP contribution in [-0.4, -0.2) is 17.7 Å². The molecule has 0 atom stereocenters. The zero-order valence-corrected chi connectivity index (χ0v) is 11.5. The van der Waals surface area contributed by atoms with Crippen LogP contribution in [0.5, 0.6) is 0 Å². The Kier molecular flexibility index (Phi) is 5.20. The Morgan fingerprint density at radius 1 is 0.800 bits per heavy atom. The third-order valence-electron chi connectivity index (χ3n) is 2.54. The molecule has 0 radical (unpaired) electrons. The number of rotatable bonds is 5. The normalized spacial score (nSPS) is 9.80. The third kappa shape index (κ3) is 4.13. The number of hydrogen-bond acceptors (Lipinski definition) is 3. The maximum absolute atomic E-state index is 11.7. The van der Waals surface area contributed by atoms with Gasteiger partial charge in [0, 0.05) is 11.1 Å². The topological polar surface area (TPSA) is 58.2 Å². The number of carbonyl (C=O) groups is 2. The third-order valence-corrected chi connectivity index (χ3v) is 3.16. The van der Waals surface area contributed by atoms with Gasteiger partial charge >= 0.3 is 0 Å². The van der Waals surface area contributed by atoms with Gasteiger partial charge in [0.05, 0.1) is 5.88 Å². The highest BCUT2D eigenvalue weighted by atomic mass is 32.2. The summed E-state index contributed by atoms with van der Waals surface area (Å²) in [7, 11) is 0. The van der Waals surface area contributed by atoms with Gasteiger partial charge in [-0.3, -0.25) is 14.3 Å². The van der Waals surface area contributed by atoms with E-state index in [1.807, 2.05) is 12.1 Å². The fraction of sp³-hybridized carbons (Fsp3) is 0.0667. The van der Waals surface area contributed by atoms with Crippen LogP contribution in [0.1, 0.15) is 20.7 Å². The Balaban J connectivity index is 1.72. The van der Waals surface area contributed by atoms with Crippen molar-refractivity contribution in [2.24, 2.45) is 0 Å². The molecule has 0 bridgehead atoms. The van der Waals surface area contributed by atoms with Crippen molar-refractivity contribution in [3.8, 4) is 0 Å². The summed E-state index contributed by atoms with van der Waals surface area (Å²) in [6.45, 7) is 0. The largest absolute Gasteiger partial charge is 0.341 e. The second-order valence-electron chi connectivity index (χ2n) is 3.96. The average Bonchev–Trinajstić information content (AvgIpc) is 2.53. The molecule has 0 saturated carbocycles. The number of carbonyl (C=O) groups excluding carboxylic acids is 2. The predicted molar refractivity (Wildman–Crippen MR) is 80.3 cm³/mol. The number of nitrogens with one attached hydrogen (secondary N) is 2. The van der Waals surface area contributed by atoms with Gasteiger partial charge in [-0.15, -0.1) is 0 Å². The molecule has 2 rings (SSSR count). The first-order valence-electron chi connectivity index (χ1n) is 6.08. The first kappa shape index (κ1) is 14.1. The summed E-state index contributed by atoms with van der Waals surface area (Å²) >= 11 is 1.15. The van der Waals surface area contributed by atoms with Gasteiger partial charge in [-0.2, -0.15) is 0 Å². The molecule has 102 valence electrons. The van der Waals surface area contributed by atoms with Crippen LogP contribution in [0, 0.1) is 0 Å². The van der Waals surface area contributed by atoms with Crippen LogP contribution < -0.4 is 10.0 Å². The second-order valence-corrected chi connectivity index (χ2v) is 4.74. The van der Waals surface area contributed by atoms with Crippen LogP contribution in [0.15, 0.2) is 60.7 Å². The number of amides is 2. The zero-order valence-electron chi connectivity index (χ0n) is 10.7. The van der Waals surface area contributed by atoms with Gasteiger partial charge in [0.2, 0.25) is 0 Å². The van der Waals surface area contributed by atoms with Crippen molar-refractivity contribution in [2.45, 2.75) is 0 Å². The van der Waals surface area contributed by atoms with E-state index in [0.717, 1.165) is 11.9 Å². The van der Waals surface area contributed by atoms with Gasteiger partial charge in [0.15, 0.2) is 0 Å². The van der Waals surface area contributed by atoms with Crippen molar-refractivity contribution in [2.75, 3.05) is 5.88 Å². The molecule has 2 aromatic rings. The minimum atomic E-state index is -0.176. The van der Waals surface area contributed by atoms with E-state index in [1.54, 1.807) is 48.5 Å². The van der Waals surface area contributed by atoms with Crippen LogP contribution in [0.3, 0.4) is 0 Å². The number of benzene rings is 2. The van der Waals surface area contributed by atoms with Crippen molar-refractivity contribution in [1.82, 2.24) is 10.0 Å². The molecular formula is C15H14N2O2S. The summed E-state index contributed by atoms with van der Waals surface area (Å²) in [4.78, 5) is 23.4.